The maximum absolute atomic E-state index is 12.6. The van der Waals surface area contributed by atoms with Crippen molar-refractivity contribution in [2.75, 3.05) is 26.3 Å². The van der Waals surface area contributed by atoms with Gasteiger partial charge in [0, 0.05) is 24.0 Å². The van der Waals surface area contributed by atoms with Gasteiger partial charge in [-0.1, -0.05) is 29.6 Å². The summed E-state index contributed by atoms with van der Waals surface area (Å²) >= 11 is 11.9. The van der Waals surface area contributed by atoms with E-state index in [0.717, 1.165) is 19.3 Å². The lowest BCUT2D eigenvalue weighted by atomic mass is 9.86. The van der Waals surface area contributed by atoms with Crippen LogP contribution in [0.5, 0.6) is 5.75 Å². The summed E-state index contributed by atoms with van der Waals surface area (Å²) in [7, 11) is 0. The Kier molecular flexibility index (Phi) is 8.30. The Labute approximate surface area is 158 Å². The number of amides is 1. The quantitative estimate of drug-likeness (QED) is 0.670. The first kappa shape index (κ1) is 20.3. The van der Waals surface area contributed by atoms with Gasteiger partial charge in [-0.3, -0.25) is 4.79 Å². The van der Waals surface area contributed by atoms with Crippen molar-refractivity contribution < 1.29 is 19.7 Å². The van der Waals surface area contributed by atoms with Crippen LogP contribution in [0.2, 0.25) is 10.0 Å². The zero-order chi connectivity index (χ0) is 18.2. The molecule has 7 heteroatoms. The molecule has 1 aromatic rings. The second-order valence-corrected chi connectivity index (χ2v) is 7.19. The Morgan fingerprint density at radius 2 is 2.08 bits per heavy atom. The van der Waals surface area contributed by atoms with Crippen molar-refractivity contribution in [1.82, 2.24) is 4.90 Å². The molecule has 1 aromatic carbocycles. The molecule has 5 nitrogen and oxygen atoms in total. The van der Waals surface area contributed by atoms with Crippen LogP contribution in [0.1, 0.15) is 32.1 Å². The average Bonchev–Trinajstić information content (AvgIpc) is 2.58. The molecule has 140 valence electrons. The molecular weight excluding hydrogens is 365 g/mol. The average molecular weight is 390 g/mol. The fourth-order valence-electron chi connectivity index (χ4n) is 3.13. The summed E-state index contributed by atoms with van der Waals surface area (Å²) in [6.45, 7) is 1.12. The zero-order valence-electron chi connectivity index (χ0n) is 14.2. The van der Waals surface area contributed by atoms with Gasteiger partial charge < -0.3 is 19.8 Å². The van der Waals surface area contributed by atoms with Crippen LogP contribution < -0.4 is 4.74 Å². The number of nitrogens with zero attached hydrogens (tertiary/aromatic N) is 1. The number of hydrogen-bond donors (Lipinski definition) is 2. The van der Waals surface area contributed by atoms with Crippen LogP contribution in [0.4, 0.5) is 0 Å². The maximum Gasteiger partial charge on any atom is 0.225 e. The van der Waals surface area contributed by atoms with Gasteiger partial charge in [-0.2, -0.15) is 0 Å². The van der Waals surface area contributed by atoms with E-state index in [2.05, 4.69) is 0 Å². The summed E-state index contributed by atoms with van der Waals surface area (Å²) in [4.78, 5) is 14.3. The number of benzene rings is 1. The first-order valence-corrected chi connectivity index (χ1v) is 9.42. The molecule has 0 aromatic heterocycles. The number of carbonyl (C=O) groups is 1. The molecule has 0 bridgehead atoms. The molecule has 0 heterocycles. The van der Waals surface area contributed by atoms with Gasteiger partial charge in [-0.05, 0) is 43.9 Å². The number of aliphatic hydroxyl groups is 2. The van der Waals surface area contributed by atoms with E-state index < -0.39 is 6.10 Å². The molecule has 2 N–H and O–H groups in total. The molecule has 1 aliphatic rings. The van der Waals surface area contributed by atoms with Crippen LogP contribution in [0.25, 0.3) is 0 Å². The Morgan fingerprint density at radius 3 is 2.76 bits per heavy atom. The fourth-order valence-corrected chi connectivity index (χ4v) is 3.59. The third kappa shape index (κ3) is 6.33. The first-order valence-electron chi connectivity index (χ1n) is 8.67. The van der Waals surface area contributed by atoms with Crippen molar-refractivity contribution >= 4 is 29.1 Å². The smallest absolute Gasteiger partial charge is 0.225 e. The standard InChI is InChI=1S/C18H25Cl2NO4/c19-14-5-6-17(16(20)12-14)25-10-2-7-21(8-9-22)18(24)13-3-1-4-15(23)11-13/h5-6,12-13,15,22-23H,1-4,7-11H2/t13-,15-/m0/s1. The number of aliphatic hydroxyl groups excluding tert-OH is 2. The van der Waals surface area contributed by atoms with Crippen molar-refractivity contribution in [1.29, 1.82) is 0 Å². The van der Waals surface area contributed by atoms with Gasteiger partial charge >= 0.3 is 0 Å². The van der Waals surface area contributed by atoms with Gasteiger partial charge in [0.1, 0.15) is 5.75 Å². The first-order chi connectivity index (χ1) is 12.0. The number of hydrogen-bond acceptors (Lipinski definition) is 4. The molecule has 0 radical (unpaired) electrons. The van der Waals surface area contributed by atoms with Crippen LogP contribution in [-0.4, -0.2) is 53.4 Å². The van der Waals surface area contributed by atoms with E-state index in [1.807, 2.05) is 0 Å². The third-order valence-electron chi connectivity index (χ3n) is 4.40. The highest BCUT2D eigenvalue weighted by atomic mass is 35.5. The number of halogens is 2. The second kappa shape index (κ2) is 10.2. The zero-order valence-corrected chi connectivity index (χ0v) is 15.7. The van der Waals surface area contributed by atoms with Crippen molar-refractivity contribution in [3.63, 3.8) is 0 Å². The molecule has 0 unspecified atom stereocenters. The predicted molar refractivity (Wildman–Crippen MR) is 98.2 cm³/mol. The van der Waals surface area contributed by atoms with Crippen molar-refractivity contribution in [3.8, 4) is 5.75 Å². The number of carbonyl (C=O) groups excluding carboxylic acids is 1. The minimum absolute atomic E-state index is 0.0114. The lowest BCUT2D eigenvalue weighted by Crippen LogP contribution is -2.41. The Bertz CT molecular complexity index is 570. The topological polar surface area (TPSA) is 70.0 Å². The fraction of sp³-hybridized carbons (Fsp3) is 0.611. The molecule has 0 aliphatic heterocycles. The highest BCUT2D eigenvalue weighted by molar-refractivity contribution is 6.35. The van der Waals surface area contributed by atoms with E-state index in [-0.39, 0.29) is 18.4 Å². The van der Waals surface area contributed by atoms with Gasteiger partial charge in [-0.15, -0.1) is 0 Å². The lowest BCUT2D eigenvalue weighted by Gasteiger charge is -2.30. The molecule has 25 heavy (non-hydrogen) atoms. The van der Waals surface area contributed by atoms with E-state index in [0.29, 0.717) is 48.3 Å². The summed E-state index contributed by atoms with van der Waals surface area (Å²) in [6.07, 6.45) is 3.17. The van der Waals surface area contributed by atoms with Gasteiger partial charge in [-0.25, -0.2) is 0 Å². The minimum Gasteiger partial charge on any atom is -0.492 e. The van der Waals surface area contributed by atoms with E-state index in [4.69, 9.17) is 27.9 Å². The molecular formula is C18H25Cl2NO4. The normalized spacial score (nSPS) is 20.3. The summed E-state index contributed by atoms with van der Waals surface area (Å²) in [5, 5.41) is 20.0. The van der Waals surface area contributed by atoms with E-state index in [1.54, 1.807) is 23.1 Å². The van der Waals surface area contributed by atoms with Gasteiger partial charge in [0.25, 0.3) is 0 Å². The molecule has 0 saturated heterocycles. The molecule has 1 aliphatic carbocycles. The minimum atomic E-state index is -0.394. The summed E-state index contributed by atoms with van der Waals surface area (Å²) in [6, 6.07) is 5.04. The largest absolute Gasteiger partial charge is 0.492 e. The van der Waals surface area contributed by atoms with Crippen molar-refractivity contribution in [3.05, 3.63) is 28.2 Å². The summed E-state index contributed by atoms with van der Waals surface area (Å²) < 4.78 is 5.63. The molecule has 1 saturated carbocycles. The van der Waals surface area contributed by atoms with Gasteiger partial charge in [0.2, 0.25) is 5.91 Å². The lowest BCUT2D eigenvalue weighted by molar-refractivity contribution is -0.138. The number of ether oxygens (including phenoxy) is 1. The van der Waals surface area contributed by atoms with Gasteiger partial charge in [0.15, 0.2) is 0 Å². The summed E-state index contributed by atoms with van der Waals surface area (Å²) in [5.74, 6) is 0.417. The Balaban J connectivity index is 1.81. The molecule has 2 atom stereocenters. The maximum atomic E-state index is 12.6. The predicted octanol–water partition coefficient (Wildman–Crippen LogP) is 3.13. The van der Waals surface area contributed by atoms with Crippen LogP contribution in [0, 0.1) is 5.92 Å². The summed E-state index contributed by atoms with van der Waals surface area (Å²) in [5.41, 5.74) is 0. The van der Waals surface area contributed by atoms with Crippen molar-refractivity contribution in [2.45, 2.75) is 38.2 Å². The Morgan fingerprint density at radius 1 is 1.28 bits per heavy atom. The molecule has 1 fully saturated rings. The molecule has 2 rings (SSSR count). The van der Waals surface area contributed by atoms with Crippen LogP contribution in [-0.2, 0) is 4.79 Å². The molecule has 0 spiro atoms. The molecule has 1 amide bonds. The van der Waals surface area contributed by atoms with E-state index in [9.17, 15) is 15.0 Å². The highest BCUT2D eigenvalue weighted by Crippen LogP contribution is 2.28. The van der Waals surface area contributed by atoms with E-state index >= 15 is 0 Å². The van der Waals surface area contributed by atoms with Crippen molar-refractivity contribution in [2.24, 2.45) is 5.92 Å². The monoisotopic (exact) mass is 389 g/mol. The van der Waals surface area contributed by atoms with E-state index in [1.165, 1.54) is 0 Å². The highest BCUT2D eigenvalue weighted by Gasteiger charge is 2.29. The Hall–Kier alpha value is -1.01. The van der Waals surface area contributed by atoms with Crippen LogP contribution in [0.15, 0.2) is 18.2 Å². The third-order valence-corrected chi connectivity index (χ3v) is 4.93. The van der Waals surface area contributed by atoms with Gasteiger partial charge in [0.05, 0.1) is 24.3 Å². The van der Waals surface area contributed by atoms with Crippen LogP contribution >= 0.6 is 23.2 Å². The SMILES string of the molecule is O=C([C@H]1CCC[C@H](O)C1)N(CCO)CCCOc1ccc(Cl)cc1Cl. The second-order valence-electron chi connectivity index (χ2n) is 6.34. The van der Waals surface area contributed by atoms with Crippen LogP contribution in [0.3, 0.4) is 0 Å². The number of rotatable bonds is 8.